The number of hydrogen-bond donors (Lipinski definition) is 3. The second-order valence-electron chi connectivity index (χ2n) is 8.90. The van der Waals surface area contributed by atoms with Crippen molar-refractivity contribution in [2.45, 2.75) is 154 Å². The topological polar surface area (TPSA) is 78.1 Å². The molecule has 0 aliphatic carbocycles. The van der Waals surface area contributed by atoms with Crippen molar-refractivity contribution in [3.05, 3.63) is 0 Å². The molecule has 3 nitrogen and oxygen atoms in total. The van der Waals surface area contributed by atoms with Crippen molar-refractivity contribution in [2.24, 2.45) is 17.2 Å². The van der Waals surface area contributed by atoms with E-state index < -0.39 is 0 Å². The van der Waals surface area contributed by atoms with Crippen LogP contribution in [0.25, 0.3) is 0 Å². The van der Waals surface area contributed by atoms with Gasteiger partial charge in [0.1, 0.15) is 0 Å². The predicted octanol–water partition coefficient (Wildman–Crippen LogP) is 6.42. The minimum absolute atomic E-state index is 0.0368. The van der Waals surface area contributed by atoms with Gasteiger partial charge in [-0.2, -0.15) is 0 Å². The Morgan fingerprint density at radius 3 is 1.33 bits per heavy atom. The molecule has 0 spiro atoms. The molecule has 0 aliphatic rings. The lowest BCUT2D eigenvalue weighted by atomic mass is 9.76. The minimum Gasteiger partial charge on any atom is -0.326 e. The van der Waals surface area contributed by atoms with E-state index in [-0.39, 0.29) is 17.6 Å². The summed E-state index contributed by atoms with van der Waals surface area (Å²) < 4.78 is 0. The van der Waals surface area contributed by atoms with Crippen LogP contribution >= 0.6 is 0 Å². The van der Waals surface area contributed by atoms with Gasteiger partial charge in [-0.3, -0.25) is 0 Å². The summed E-state index contributed by atoms with van der Waals surface area (Å²) in [7, 11) is 0. The molecule has 0 rings (SSSR count). The maximum Gasteiger partial charge on any atom is 0.0461 e. The molecule has 0 saturated heterocycles. The van der Waals surface area contributed by atoms with E-state index in [1.54, 1.807) is 0 Å². The fraction of sp³-hybridized carbons (Fsp3) is 1.00. The summed E-state index contributed by atoms with van der Waals surface area (Å²) in [5.74, 6) is 0. The average Bonchev–Trinajstić information content (AvgIpc) is 2.66. The second-order valence-corrected chi connectivity index (χ2v) is 8.90. The lowest BCUT2D eigenvalue weighted by molar-refractivity contribution is 0.231. The van der Waals surface area contributed by atoms with Crippen LogP contribution in [0.5, 0.6) is 0 Å². The van der Waals surface area contributed by atoms with Gasteiger partial charge in [0.05, 0.1) is 0 Å². The third kappa shape index (κ3) is 12.9. The summed E-state index contributed by atoms with van der Waals surface area (Å²) in [4.78, 5) is 0. The molecule has 0 fully saturated rings. The smallest absolute Gasteiger partial charge is 0.0461 e. The fourth-order valence-corrected chi connectivity index (χ4v) is 4.15. The van der Waals surface area contributed by atoms with Gasteiger partial charge in [-0.15, -0.1) is 0 Å². The van der Waals surface area contributed by atoms with Gasteiger partial charge in [0.25, 0.3) is 0 Å². The molecule has 3 atom stereocenters. The first-order valence-electron chi connectivity index (χ1n) is 12.3. The first-order chi connectivity index (χ1) is 13.0. The predicted molar refractivity (Wildman–Crippen MR) is 123 cm³/mol. The molecule has 0 aliphatic heterocycles. The highest BCUT2D eigenvalue weighted by molar-refractivity contribution is 5.02. The van der Waals surface area contributed by atoms with Crippen LogP contribution in [0.15, 0.2) is 0 Å². The molecule has 0 aromatic carbocycles. The zero-order valence-corrected chi connectivity index (χ0v) is 19.1. The van der Waals surface area contributed by atoms with Crippen molar-refractivity contribution in [1.82, 2.24) is 0 Å². The quantitative estimate of drug-likeness (QED) is 0.212. The van der Waals surface area contributed by atoms with Crippen LogP contribution in [0.4, 0.5) is 0 Å². The molecule has 0 radical (unpaired) electrons. The van der Waals surface area contributed by atoms with E-state index in [4.69, 9.17) is 17.2 Å². The molecule has 0 heterocycles. The zero-order valence-electron chi connectivity index (χ0n) is 19.1. The van der Waals surface area contributed by atoms with Crippen molar-refractivity contribution in [1.29, 1.82) is 0 Å². The van der Waals surface area contributed by atoms with E-state index >= 15 is 0 Å². The molecule has 3 heteroatoms. The monoisotopic (exact) mass is 383 g/mol. The van der Waals surface area contributed by atoms with E-state index in [1.807, 2.05) is 0 Å². The fourth-order valence-electron chi connectivity index (χ4n) is 4.15. The van der Waals surface area contributed by atoms with Crippen LogP contribution in [0, 0.1) is 0 Å². The van der Waals surface area contributed by atoms with Gasteiger partial charge >= 0.3 is 0 Å². The number of nitrogens with two attached hydrogens (primary N) is 3. The van der Waals surface area contributed by atoms with Crippen molar-refractivity contribution in [3.63, 3.8) is 0 Å². The molecule has 0 saturated carbocycles. The van der Waals surface area contributed by atoms with Gasteiger partial charge in [-0.25, -0.2) is 0 Å². The largest absolute Gasteiger partial charge is 0.326 e. The van der Waals surface area contributed by atoms with Crippen LogP contribution in [0.1, 0.15) is 136 Å². The maximum atomic E-state index is 6.91. The summed E-state index contributed by atoms with van der Waals surface area (Å²) >= 11 is 0. The number of rotatable bonds is 20. The molecular formula is C24H53N3. The van der Waals surface area contributed by atoms with Gasteiger partial charge in [0, 0.05) is 17.6 Å². The SMILES string of the molecule is CCCCCCCCCC(N)C(N)(CCCCCCC)C(N)CCCCC. The van der Waals surface area contributed by atoms with E-state index in [0.717, 1.165) is 19.3 Å². The Kier molecular flexibility index (Phi) is 17.9. The summed E-state index contributed by atoms with van der Waals surface area (Å²) in [5.41, 5.74) is 19.8. The Morgan fingerprint density at radius 2 is 0.852 bits per heavy atom. The third-order valence-electron chi connectivity index (χ3n) is 6.33. The van der Waals surface area contributed by atoms with E-state index in [0.29, 0.717) is 0 Å². The van der Waals surface area contributed by atoms with Crippen molar-refractivity contribution in [2.75, 3.05) is 0 Å². The number of hydrogen-bond acceptors (Lipinski definition) is 3. The van der Waals surface area contributed by atoms with Crippen LogP contribution < -0.4 is 17.2 Å². The Hall–Kier alpha value is -0.120. The first-order valence-corrected chi connectivity index (χ1v) is 12.3. The standard InChI is InChI=1S/C24H53N3/c1-4-7-10-12-13-14-17-20-23(26)24(27,21-18-15-11-8-5-2)22(25)19-16-9-6-3/h22-23H,4-21,25-27H2,1-3H3. The summed E-state index contributed by atoms with van der Waals surface area (Å²) in [6.07, 6.45) is 22.3. The van der Waals surface area contributed by atoms with Crippen LogP contribution in [0.2, 0.25) is 0 Å². The van der Waals surface area contributed by atoms with Crippen LogP contribution in [-0.4, -0.2) is 17.6 Å². The Balaban J connectivity index is 4.42. The molecule has 3 unspecified atom stereocenters. The van der Waals surface area contributed by atoms with Gasteiger partial charge in [-0.05, 0) is 19.3 Å². The van der Waals surface area contributed by atoms with Crippen LogP contribution in [0.3, 0.4) is 0 Å². The first kappa shape index (κ1) is 26.9. The van der Waals surface area contributed by atoms with Gasteiger partial charge in [0.2, 0.25) is 0 Å². The van der Waals surface area contributed by atoms with Crippen molar-refractivity contribution >= 4 is 0 Å². The lowest BCUT2D eigenvalue weighted by Gasteiger charge is -2.41. The summed E-state index contributed by atoms with van der Waals surface area (Å²) in [6, 6.07) is 0.0747. The van der Waals surface area contributed by atoms with Crippen LogP contribution in [-0.2, 0) is 0 Å². The molecule has 0 aromatic heterocycles. The maximum absolute atomic E-state index is 6.91. The third-order valence-corrected chi connectivity index (χ3v) is 6.33. The molecule has 27 heavy (non-hydrogen) atoms. The normalized spacial score (nSPS) is 16.2. The summed E-state index contributed by atoms with van der Waals surface area (Å²) in [5, 5.41) is 0. The van der Waals surface area contributed by atoms with Gasteiger partial charge in [-0.1, -0.05) is 117 Å². The molecule has 0 amide bonds. The molecule has 6 N–H and O–H groups in total. The lowest BCUT2D eigenvalue weighted by Crippen LogP contribution is -2.65. The second kappa shape index (κ2) is 17.9. The van der Waals surface area contributed by atoms with Crippen molar-refractivity contribution in [3.8, 4) is 0 Å². The van der Waals surface area contributed by atoms with Gasteiger partial charge < -0.3 is 17.2 Å². The summed E-state index contributed by atoms with van der Waals surface area (Å²) in [6.45, 7) is 6.77. The van der Waals surface area contributed by atoms with E-state index in [2.05, 4.69) is 20.8 Å². The average molecular weight is 384 g/mol. The highest BCUT2D eigenvalue weighted by Gasteiger charge is 2.37. The number of unbranched alkanes of at least 4 members (excludes halogenated alkanes) is 12. The molecule has 0 aromatic rings. The molecular weight excluding hydrogens is 330 g/mol. The van der Waals surface area contributed by atoms with E-state index in [9.17, 15) is 0 Å². The molecule has 0 bridgehead atoms. The Labute approximate surface area is 171 Å². The van der Waals surface area contributed by atoms with Crippen molar-refractivity contribution < 1.29 is 0 Å². The van der Waals surface area contributed by atoms with E-state index in [1.165, 1.54) is 96.3 Å². The highest BCUT2D eigenvalue weighted by atomic mass is 14.9. The Morgan fingerprint density at radius 1 is 0.519 bits per heavy atom. The molecule has 164 valence electrons. The Bertz CT molecular complexity index is 308. The highest BCUT2D eigenvalue weighted by Crippen LogP contribution is 2.26. The zero-order chi connectivity index (χ0) is 20.4. The van der Waals surface area contributed by atoms with Gasteiger partial charge in [0.15, 0.2) is 0 Å². The minimum atomic E-state index is -0.387.